The summed E-state index contributed by atoms with van der Waals surface area (Å²) >= 11 is 0. The molecule has 4 rings (SSSR count). The number of H-pyrrole nitrogens is 1. The molecule has 2 N–H and O–H groups in total. The molecule has 0 spiro atoms. The van der Waals surface area contributed by atoms with Gasteiger partial charge >= 0.3 is 0 Å². The van der Waals surface area contributed by atoms with Crippen LogP contribution in [0.4, 0.5) is 0 Å². The zero-order valence-electron chi connectivity index (χ0n) is 15.7. The first kappa shape index (κ1) is 17.7. The Morgan fingerprint density at radius 2 is 1.93 bits per heavy atom. The Labute approximate surface area is 159 Å². The Hall–Kier alpha value is -2.66. The summed E-state index contributed by atoms with van der Waals surface area (Å²) in [5.41, 5.74) is 3.89. The molecule has 2 aromatic carbocycles. The number of benzene rings is 2. The normalized spacial score (nSPS) is 15.9. The van der Waals surface area contributed by atoms with E-state index in [0.29, 0.717) is 12.1 Å². The van der Waals surface area contributed by atoms with E-state index in [1.807, 2.05) is 24.3 Å². The summed E-state index contributed by atoms with van der Waals surface area (Å²) in [6, 6.07) is 14.1. The van der Waals surface area contributed by atoms with Gasteiger partial charge in [-0.3, -0.25) is 14.8 Å². The SMILES string of the molecule is CC1CCN(Cc2ccccc2CNC(=O)c2cccc3cn[nH]c23)CC1. The molecule has 1 amide bonds. The van der Waals surface area contributed by atoms with Crippen molar-refractivity contribution >= 4 is 16.8 Å². The lowest BCUT2D eigenvalue weighted by Crippen LogP contribution is -2.33. The number of aromatic nitrogens is 2. The Balaban J connectivity index is 1.44. The second-order valence-electron chi connectivity index (χ2n) is 7.55. The van der Waals surface area contributed by atoms with E-state index in [1.165, 1.54) is 24.0 Å². The molecule has 27 heavy (non-hydrogen) atoms. The van der Waals surface area contributed by atoms with Crippen LogP contribution in [0, 0.1) is 5.92 Å². The van der Waals surface area contributed by atoms with E-state index >= 15 is 0 Å². The van der Waals surface area contributed by atoms with Gasteiger partial charge in [0.25, 0.3) is 5.91 Å². The molecule has 1 saturated heterocycles. The van der Waals surface area contributed by atoms with Gasteiger partial charge < -0.3 is 5.32 Å². The summed E-state index contributed by atoms with van der Waals surface area (Å²) in [6.07, 6.45) is 4.28. The van der Waals surface area contributed by atoms with Gasteiger partial charge in [-0.05, 0) is 49.0 Å². The van der Waals surface area contributed by atoms with E-state index in [0.717, 1.165) is 36.5 Å². The maximum absolute atomic E-state index is 12.7. The molecule has 1 fully saturated rings. The molecule has 1 aliphatic heterocycles. The third-order valence-corrected chi connectivity index (χ3v) is 5.55. The summed E-state index contributed by atoms with van der Waals surface area (Å²) in [6.45, 7) is 6.13. The highest BCUT2D eigenvalue weighted by Gasteiger charge is 2.17. The molecule has 0 bridgehead atoms. The van der Waals surface area contributed by atoms with Crippen LogP contribution in [0.25, 0.3) is 10.9 Å². The third kappa shape index (κ3) is 4.03. The molecular weight excluding hydrogens is 336 g/mol. The molecule has 140 valence electrons. The first-order chi connectivity index (χ1) is 13.2. The fraction of sp³-hybridized carbons (Fsp3) is 0.364. The summed E-state index contributed by atoms with van der Waals surface area (Å²) in [5, 5.41) is 11.0. The molecular formula is C22H26N4O. The van der Waals surface area contributed by atoms with Crippen LogP contribution in [0.5, 0.6) is 0 Å². The van der Waals surface area contributed by atoms with Crippen molar-refractivity contribution in [2.75, 3.05) is 13.1 Å². The molecule has 0 saturated carbocycles. The fourth-order valence-electron chi connectivity index (χ4n) is 3.77. The quantitative estimate of drug-likeness (QED) is 0.727. The number of carbonyl (C=O) groups is 1. The molecule has 0 atom stereocenters. The van der Waals surface area contributed by atoms with Crippen molar-refractivity contribution in [3.8, 4) is 0 Å². The zero-order valence-corrected chi connectivity index (χ0v) is 15.7. The van der Waals surface area contributed by atoms with Crippen molar-refractivity contribution in [3.63, 3.8) is 0 Å². The van der Waals surface area contributed by atoms with Crippen LogP contribution in [-0.4, -0.2) is 34.1 Å². The smallest absolute Gasteiger partial charge is 0.253 e. The second-order valence-corrected chi connectivity index (χ2v) is 7.55. The second kappa shape index (κ2) is 7.92. The van der Waals surface area contributed by atoms with Gasteiger partial charge in [0.05, 0.1) is 17.3 Å². The van der Waals surface area contributed by atoms with Crippen LogP contribution in [0.2, 0.25) is 0 Å². The van der Waals surface area contributed by atoms with E-state index in [1.54, 1.807) is 6.20 Å². The number of rotatable bonds is 5. The molecule has 5 heteroatoms. The van der Waals surface area contributed by atoms with Crippen LogP contribution < -0.4 is 5.32 Å². The lowest BCUT2D eigenvalue weighted by atomic mass is 9.98. The lowest BCUT2D eigenvalue weighted by molar-refractivity contribution is 0.0952. The van der Waals surface area contributed by atoms with Crippen LogP contribution in [0.15, 0.2) is 48.7 Å². The van der Waals surface area contributed by atoms with E-state index in [2.05, 4.69) is 45.5 Å². The molecule has 5 nitrogen and oxygen atoms in total. The van der Waals surface area contributed by atoms with Gasteiger partial charge in [0, 0.05) is 18.5 Å². The minimum absolute atomic E-state index is 0.0774. The summed E-state index contributed by atoms with van der Waals surface area (Å²) in [5.74, 6) is 0.757. The Kier molecular flexibility index (Phi) is 5.21. The summed E-state index contributed by atoms with van der Waals surface area (Å²) in [7, 11) is 0. The Morgan fingerprint density at radius 3 is 2.74 bits per heavy atom. The zero-order chi connectivity index (χ0) is 18.6. The van der Waals surface area contributed by atoms with Crippen molar-refractivity contribution in [1.82, 2.24) is 20.4 Å². The molecule has 1 aromatic heterocycles. The fourth-order valence-corrected chi connectivity index (χ4v) is 3.77. The molecule has 0 radical (unpaired) electrons. The van der Waals surface area contributed by atoms with E-state index in [9.17, 15) is 4.79 Å². The predicted octanol–water partition coefficient (Wildman–Crippen LogP) is 3.72. The maximum atomic E-state index is 12.7. The van der Waals surface area contributed by atoms with E-state index in [4.69, 9.17) is 0 Å². The number of carbonyl (C=O) groups excluding carboxylic acids is 1. The molecule has 3 aromatic rings. The molecule has 0 aliphatic carbocycles. The number of aromatic amines is 1. The first-order valence-electron chi connectivity index (χ1n) is 9.70. The molecule has 2 heterocycles. The number of nitrogens with one attached hydrogen (secondary N) is 2. The van der Waals surface area contributed by atoms with Gasteiger partial charge in [-0.1, -0.05) is 43.3 Å². The van der Waals surface area contributed by atoms with Crippen LogP contribution >= 0.6 is 0 Å². The number of piperidine rings is 1. The third-order valence-electron chi connectivity index (χ3n) is 5.55. The topological polar surface area (TPSA) is 61.0 Å². The lowest BCUT2D eigenvalue weighted by Gasteiger charge is -2.30. The Morgan fingerprint density at radius 1 is 1.15 bits per heavy atom. The number of hydrogen-bond acceptors (Lipinski definition) is 3. The predicted molar refractivity (Wildman–Crippen MR) is 107 cm³/mol. The summed E-state index contributed by atoms with van der Waals surface area (Å²) < 4.78 is 0. The number of nitrogens with zero attached hydrogens (tertiary/aromatic N) is 2. The highest BCUT2D eigenvalue weighted by molar-refractivity contribution is 6.05. The van der Waals surface area contributed by atoms with E-state index in [-0.39, 0.29) is 5.91 Å². The monoisotopic (exact) mass is 362 g/mol. The minimum atomic E-state index is -0.0774. The molecule has 0 unspecified atom stereocenters. The molecule has 1 aliphatic rings. The first-order valence-corrected chi connectivity index (χ1v) is 9.70. The summed E-state index contributed by atoms with van der Waals surface area (Å²) in [4.78, 5) is 15.2. The van der Waals surface area contributed by atoms with E-state index < -0.39 is 0 Å². The number of fused-ring (bicyclic) bond motifs is 1. The Bertz CT molecular complexity index is 925. The van der Waals surface area contributed by atoms with Crippen molar-refractivity contribution in [1.29, 1.82) is 0 Å². The van der Waals surface area contributed by atoms with Crippen LogP contribution in [-0.2, 0) is 13.1 Å². The average Bonchev–Trinajstić information content (AvgIpc) is 3.17. The highest BCUT2D eigenvalue weighted by atomic mass is 16.1. The van der Waals surface area contributed by atoms with Crippen molar-refractivity contribution in [2.24, 2.45) is 5.92 Å². The highest BCUT2D eigenvalue weighted by Crippen LogP contribution is 2.20. The van der Waals surface area contributed by atoms with Crippen molar-refractivity contribution < 1.29 is 4.79 Å². The number of likely N-dealkylation sites (tertiary alicyclic amines) is 1. The largest absolute Gasteiger partial charge is 0.348 e. The van der Waals surface area contributed by atoms with Crippen LogP contribution in [0.3, 0.4) is 0 Å². The average molecular weight is 362 g/mol. The van der Waals surface area contributed by atoms with Gasteiger partial charge in [-0.15, -0.1) is 0 Å². The van der Waals surface area contributed by atoms with Gasteiger partial charge in [0.1, 0.15) is 0 Å². The number of para-hydroxylation sites is 1. The van der Waals surface area contributed by atoms with Gasteiger partial charge in [0.2, 0.25) is 0 Å². The van der Waals surface area contributed by atoms with Crippen molar-refractivity contribution in [2.45, 2.75) is 32.9 Å². The van der Waals surface area contributed by atoms with Gasteiger partial charge in [-0.2, -0.15) is 5.10 Å². The van der Waals surface area contributed by atoms with Gasteiger partial charge in [0.15, 0.2) is 0 Å². The van der Waals surface area contributed by atoms with Crippen LogP contribution in [0.1, 0.15) is 41.3 Å². The number of amides is 1. The number of hydrogen-bond donors (Lipinski definition) is 2. The maximum Gasteiger partial charge on any atom is 0.253 e. The van der Waals surface area contributed by atoms with Gasteiger partial charge in [-0.25, -0.2) is 0 Å². The standard InChI is InChI=1S/C22H26N4O/c1-16-9-11-26(12-10-16)15-19-6-3-2-5-17(19)13-23-22(27)20-8-4-7-18-14-24-25-21(18)20/h2-8,14,16H,9-13,15H2,1H3,(H,23,27)(H,24,25). The van der Waals surface area contributed by atoms with Crippen molar-refractivity contribution in [3.05, 3.63) is 65.4 Å². The minimum Gasteiger partial charge on any atom is -0.348 e.